The van der Waals surface area contributed by atoms with Gasteiger partial charge in [0.05, 0.1) is 12.3 Å². The molecular formula is C20H14BrClN2O7. The normalized spacial score (nSPS) is 16.7. The number of carbonyl (C=O) groups is 3. The maximum Gasteiger partial charge on any atom is 0.335 e. The number of carbonyl (C=O) groups excluding carboxylic acids is 3. The third kappa shape index (κ3) is 3.68. The van der Waals surface area contributed by atoms with Crippen LogP contribution in [0.1, 0.15) is 12.5 Å². The highest BCUT2D eigenvalue weighted by atomic mass is 79.9. The van der Waals surface area contributed by atoms with Crippen LogP contribution in [0.15, 0.2) is 34.3 Å². The lowest BCUT2D eigenvalue weighted by atomic mass is 10.1. The maximum absolute atomic E-state index is 13.1. The topological polar surface area (TPSA) is 114 Å². The van der Waals surface area contributed by atoms with Crippen molar-refractivity contribution in [3.63, 3.8) is 0 Å². The molecule has 4 rings (SSSR count). The van der Waals surface area contributed by atoms with E-state index in [-0.39, 0.29) is 45.7 Å². The lowest BCUT2D eigenvalue weighted by Gasteiger charge is -2.26. The van der Waals surface area contributed by atoms with Crippen LogP contribution < -0.4 is 24.4 Å². The average molecular weight is 510 g/mol. The highest BCUT2D eigenvalue weighted by Gasteiger charge is 2.37. The predicted molar refractivity (Wildman–Crippen MR) is 114 cm³/mol. The highest BCUT2D eigenvalue weighted by Crippen LogP contribution is 2.43. The molecule has 31 heavy (non-hydrogen) atoms. The van der Waals surface area contributed by atoms with Crippen LogP contribution in [0.3, 0.4) is 0 Å². The van der Waals surface area contributed by atoms with Crippen molar-refractivity contribution in [3.8, 4) is 23.0 Å². The molecule has 0 saturated carbocycles. The summed E-state index contributed by atoms with van der Waals surface area (Å²) in [5, 5.41) is 12.2. The third-order valence-electron chi connectivity index (χ3n) is 4.49. The fourth-order valence-electron chi connectivity index (χ4n) is 3.05. The van der Waals surface area contributed by atoms with Crippen molar-refractivity contribution in [1.29, 1.82) is 0 Å². The lowest BCUT2D eigenvalue weighted by molar-refractivity contribution is -0.122. The summed E-state index contributed by atoms with van der Waals surface area (Å²) in [6.07, 6.45) is 1.25. The van der Waals surface area contributed by atoms with E-state index < -0.39 is 17.8 Å². The second-order valence-corrected chi connectivity index (χ2v) is 7.54. The van der Waals surface area contributed by atoms with Gasteiger partial charge in [-0.25, -0.2) is 9.69 Å². The number of barbiturate groups is 1. The summed E-state index contributed by atoms with van der Waals surface area (Å²) in [4.78, 5) is 38.8. The highest BCUT2D eigenvalue weighted by molar-refractivity contribution is 9.10. The van der Waals surface area contributed by atoms with E-state index in [1.54, 1.807) is 13.0 Å². The van der Waals surface area contributed by atoms with Gasteiger partial charge in [-0.15, -0.1) is 0 Å². The van der Waals surface area contributed by atoms with Crippen molar-refractivity contribution in [2.24, 2.45) is 0 Å². The van der Waals surface area contributed by atoms with E-state index in [1.165, 1.54) is 24.3 Å². The van der Waals surface area contributed by atoms with Gasteiger partial charge in [0.15, 0.2) is 23.0 Å². The monoisotopic (exact) mass is 508 g/mol. The molecule has 2 aliphatic rings. The largest absolute Gasteiger partial charge is 0.503 e. The Balaban J connectivity index is 1.77. The molecule has 160 valence electrons. The number of amides is 4. The molecule has 1 saturated heterocycles. The Kier molecular flexibility index (Phi) is 5.50. The first-order chi connectivity index (χ1) is 14.8. The second-order valence-electron chi connectivity index (χ2n) is 6.37. The van der Waals surface area contributed by atoms with E-state index in [4.69, 9.17) is 25.8 Å². The quantitative estimate of drug-likeness (QED) is 0.478. The number of imide groups is 2. The number of nitrogens with one attached hydrogen (secondary N) is 1. The predicted octanol–water partition coefficient (Wildman–Crippen LogP) is 3.60. The minimum Gasteiger partial charge on any atom is -0.503 e. The number of urea groups is 1. The van der Waals surface area contributed by atoms with E-state index in [0.717, 1.165) is 4.90 Å². The molecule has 0 bridgehead atoms. The van der Waals surface area contributed by atoms with Crippen LogP contribution in [-0.4, -0.2) is 36.4 Å². The summed E-state index contributed by atoms with van der Waals surface area (Å²) in [7, 11) is 0. The molecule has 2 aliphatic heterocycles. The summed E-state index contributed by atoms with van der Waals surface area (Å²) in [5.41, 5.74) is 0.176. The van der Waals surface area contributed by atoms with E-state index in [2.05, 4.69) is 21.2 Å². The number of ether oxygens (including phenoxy) is 3. The van der Waals surface area contributed by atoms with Gasteiger partial charge in [-0.3, -0.25) is 14.9 Å². The molecule has 0 unspecified atom stereocenters. The van der Waals surface area contributed by atoms with Gasteiger partial charge in [-0.05, 0) is 52.7 Å². The molecule has 2 heterocycles. The molecule has 11 heteroatoms. The lowest BCUT2D eigenvalue weighted by Crippen LogP contribution is -2.54. The van der Waals surface area contributed by atoms with E-state index in [9.17, 15) is 19.5 Å². The summed E-state index contributed by atoms with van der Waals surface area (Å²) < 4.78 is 16.1. The van der Waals surface area contributed by atoms with Gasteiger partial charge in [0, 0.05) is 10.5 Å². The molecular weight excluding hydrogens is 496 g/mol. The molecule has 4 amide bonds. The Hall–Kier alpha value is -3.24. The Morgan fingerprint density at radius 1 is 1.26 bits per heavy atom. The number of rotatable bonds is 4. The first-order valence-corrected chi connectivity index (χ1v) is 10.1. The molecule has 0 radical (unpaired) electrons. The van der Waals surface area contributed by atoms with Crippen molar-refractivity contribution in [2.75, 3.05) is 18.3 Å². The van der Waals surface area contributed by atoms with Crippen LogP contribution >= 0.6 is 27.5 Å². The van der Waals surface area contributed by atoms with Crippen LogP contribution in [0, 0.1) is 0 Å². The molecule has 2 N–H and O–H groups in total. The minimum atomic E-state index is -0.899. The fourth-order valence-corrected chi connectivity index (χ4v) is 3.67. The fraction of sp³-hybridized carbons (Fsp3) is 0.150. The Bertz CT molecular complexity index is 1160. The van der Waals surface area contributed by atoms with Gasteiger partial charge >= 0.3 is 6.03 Å². The molecule has 0 aliphatic carbocycles. The first kappa shape index (κ1) is 21.0. The Labute approximate surface area is 189 Å². The number of benzene rings is 2. The van der Waals surface area contributed by atoms with Crippen molar-refractivity contribution in [3.05, 3.63) is 44.9 Å². The standard InChI is InChI=1S/C20H14BrClN2O7/c1-2-29-14-6-9(15(21)16(22)17(14)25)5-11-18(26)23-20(28)24(19(11)27)10-3-4-12-13(7-10)31-8-30-12/h3-7,25H,2,8H2,1H3,(H,23,26,28)/b11-5+. The maximum atomic E-state index is 13.1. The van der Waals surface area contributed by atoms with Crippen LogP contribution in [0.4, 0.5) is 10.5 Å². The molecule has 2 aromatic carbocycles. The van der Waals surface area contributed by atoms with Gasteiger partial charge in [-0.2, -0.15) is 0 Å². The van der Waals surface area contributed by atoms with Gasteiger partial charge in [-0.1, -0.05) is 11.6 Å². The minimum absolute atomic E-state index is 0.0281. The SMILES string of the molecule is CCOc1cc(/C=C2\C(=O)NC(=O)N(c3ccc4c(c3)OCO4)C2=O)c(Br)c(Cl)c1O. The third-order valence-corrected chi connectivity index (χ3v) is 5.94. The number of hydrogen-bond acceptors (Lipinski definition) is 7. The van der Waals surface area contributed by atoms with E-state index in [0.29, 0.717) is 17.1 Å². The smallest absolute Gasteiger partial charge is 0.335 e. The number of anilines is 1. The van der Waals surface area contributed by atoms with Gasteiger partial charge in [0.2, 0.25) is 6.79 Å². The van der Waals surface area contributed by atoms with Gasteiger partial charge in [0.1, 0.15) is 10.6 Å². The Morgan fingerprint density at radius 2 is 2.00 bits per heavy atom. The summed E-state index contributed by atoms with van der Waals surface area (Å²) in [6, 6.07) is 5.04. The number of aromatic hydroxyl groups is 1. The number of nitrogens with zero attached hydrogens (tertiary/aromatic N) is 1. The van der Waals surface area contributed by atoms with Crippen molar-refractivity contribution >= 4 is 57.1 Å². The van der Waals surface area contributed by atoms with Gasteiger partial charge < -0.3 is 19.3 Å². The zero-order valence-corrected chi connectivity index (χ0v) is 18.2. The zero-order chi connectivity index (χ0) is 22.3. The van der Waals surface area contributed by atoms with Gasteiger partial charge in [0.25, 0.3) is 11.8 Å². The number of phenols is 1. The molecule has 0 spiro atoms. The number of hydrogen-bond donors (Lipinski definition) is 2. The van der Waals surface area contributed by atoms with Crippen LogP contribution in [0.5, 0.6) is 23.0 Å². The molecule has 0 atom stereocenters. The number of fused-ring (bicyclic) bond motifs is 1. The average Bonchev–Trinajstić information content (AvgIpc) is 3.20. The Morgan fingerprint density at radius 3 is 2.74 bits per heavy atom. The summed E-state index contributed by atoms with van der Waals surface area (Å²) >= 11 is 9.38. The molecule has 0 aromatic heterocycles. The first-order valence-electron chi connectivity index (χ1n) is 8.96. The van der Waals surface area contributed by atoms with Crippen LogP contribution in [0.25, 0.3) is 6.08 Å². The zero-order valence-electron chi connectivity index (χ0n) is 15.9. The number of halogens is 2. The second kappa shape index (κ2) is 8.12. The van der Waals surface area contributed by atoms with E-state index >= 15 is 0 Å². The van der Waals surface area contributed by atoms with Crippen LogP contribution in [-0.2, 0) is 9.59 Å². The van der Waals surface area contributed by atoms with Crippen molar-refractivity contribution in [2.45, 2.75) is 6.92 Å². The van der Waals surface area contributed by atoms with Crippen molar-refractivity contribution in [1.82, 2.24) is 5.32 Å². The molecule has 9 nitrogen and oxygen atoms in total. The van der Waals surface area contributed by atoms with E-state index in [1.807, 2.05) is 0 Å². The van der Waals surface area contributed by atoms with Crippen LogP contribution in [0.2, 0.25) is 5.02 Å². The van der Waals surface area contributed by atoms with Crippen molar-refractivity contribution < 1.29 is 33.7 Å². The summed E-state index contributed by atoms with van der Waals surface area (Å²) in [5.74, 6) is -1.08. The number of phenolic OH excluding ortho intramolecular Hbond substituents is 1. The molecule has 2 aromatic rings. The molecule has 1 fully saturated rings. The summed E-state index contributed by atoms with van der Waals surface area (Å²) in [6.45, 7) is 2.01.